The number of halogens is 1. The molecule has 0 radical (unpaired) electrons. The van der Waals surface area contributed by atoms with E-state index in [-0.39, 0.29) is 5.56 Å². The van der Waals surface area contributed by atoms with Crippen LogP contribution in [0.3, 0.4) is 0 Å². The molecule has 0 spiro atoms. The van der Waals surface area contributed by atoms with Crippen molar-refractivity contribution in [2.24, 2.45) is 0 Å². The summed E-state index contributed by atoms with van der Waals surface area (Å²) in [5.41, 5.74) is 5.31. The maximum absolute atomic E-state index is 12.8. The summed E-state index contributed by atoms with van der Waals surface area (Å²) in [5, 5.41) is 0. The lowest BCUT2D eigenvalue weighted by Gasteiger charge is -2.18. The average Bonchev–Trinajstić information content (AvgIpc) is 3.26. The summed E-state index contributed by atoms with van der Waals surface area (Å²) < 4.78 is 8.97. The number of hydrogen-bond acceptors (Lipinski definition) is 3. The summed E-state index contributed by atoms with van der Waals surface area (Å²) in [6, 6.07) is 8.33. The predicted molar refractivity (Wildman–Crippen MR) is 132 cm³/mol. The van der Waals surface area contributed by atoms with Crippen molar-refractivity contribution < 1.29 is 4.74 Å². The number of benzene rings is 1. The standard InChI is InChI=1S/C26H30ClNO2S/c1-4-19-11-12-23(31-25(19)27)16-28-15-21(13-18(3)26(28)29)20-10-9-17(2)24(14-20)30-22-7-5-6-8-22/h9-10,12-15,22H,4-8,11,16H2,1-3H3. The molecule has 164 valence electrons. The van der Waals surface area contributed by atoms with E-state index in [1.54, 1.807) is 11.8 Å². The van der Waals surface area contributed by atoms with Crippen LogP contribution in [0, 0.1) is 13.8 Å². The number of aryl methyl sites for hydroxylation is 2. The van der Waals surface area contributed by atoms with E-state index < -0.39 is 0 Å². The second-order valence-electron chi connectivity index (χ2n) is 8.56. The van der Waals surface area contributed by atoms with Gasteiger partial charge in [-0.05, 0) is 86.8 Å². The summed E-state index contributed by atoms with van der Waals surface area (Å²) in [4.78, 5) is 14.0. The molecule has 1 fully saturated rings. The van der Waals surface area contributed by atoms with Crippen molar-refractivity contribution in [1.82, 2.24) is 4.57 Å². The highest BCUT2D eigenvalue weighted by Gasteiger charge is 2.18. The van der Waals surface area contributed by atoms with Crippen LogP contribution in [-0.4, -0.2) is 10.7 Å². The summed E-state index contributed by atoms with van der Waals surface area (Å²) >= 11 is 8.02. The van der Waals surface area contributed by atoms with Crippen LogP contribution >= 0.6 is 23.4 Å². The first-order chi connectivity index (χ1) is 14.9. The van der Waals surface area contributed by atoms with Crippen LogP contribution in [0.15, 0.2) is 56.2 Å². The molecular formula is C26H30ClNO2S. The molecule has 3 nitrogen and oxygen atoms in total. The Bertz CT molecular complexity index is 1090. The van der Waals surface area contributed by atoms with Gasteiger partial charge in [-0.2, -0.15) is 0 Å². The highest BCUT2D eigenvalue weighted by atomic mass is 35.5. The topological polar surface area (TPSA) is 31.2 Å². The number of allylic oxidation sites excluding steroid dienone is 3. The third kappa shape index (κ3) is 5.12. The minimum absolute atomic E-state index is 0.0428. The van der Waals surface area contributed by atoms with Gasteiger partial charge in [-0.15, -0.1) is 0 Å². The van der Waals surface area contributed by atoms with Gasteiger partial charge in [-0.25, -0.2) is 0 Å². The number of hydrogen-bond donors (Lipinski definition) is 0. The van der Waals surface area contributed by atoms with Gasteiger partial charge in [0.2, 0.25) is 0 Å². The lowest BCUT2D eigenvalue weighted by molar-refractivity contribution is 0.208. The molecule has 0 atom stereocenters. The van der Waals surface area contributed by atoms with Crippen molar-refractivity contribution in [3.63, 3.8) is 0 Å². The van der Waals surface area contributed by atoms with Gasteiger partial charge in [-0.3, -0.25) is 4.79 Å². The number of thioether (sulfide) groups is 1. The van der Waals surface area contributed by atoms with Crippen LogP contribution in [0.2, 0.25) is 0 Å². The second kappa shape index (κ2) is 9.70. The number of rotatable bonds is 6. The maximum atomic E-state index is 12.8. The Labute approximate surface area is 194 Å². The van der Waals surface area contributed by atoms with Gasteiger partial charge in [0.1, 0.15) is 5.75 Å². The van der Waals surface area contributed by atoms with Crippen LogP contribution < -0.4 is 10.3 Å². The molecule has 1 aromatic heterocycles. The van der Waals surface area contributed by atoms with E-state index >= 15 is 0 Å². The Morgan fingerprint density at radius 1 is 1.13 bits per heavy atom. The Hall–Kier alpha value is -1.91. The molecule has 1 aromatic carbocycles. The normalized spacial score (nSPS) is 17.2. The molecule has 0 amide bonds. The fourth-order valence-corrected chi connectivity index (χ4v) is 5.73. The van der Waals surface area contributed by atoms with Gasteiger partial charge in [0.15, 0.2) is 0 Å². The van der Waals surface area contributed by atoms with Gasteiger partial charge >= 0.3 is 0 Å². The minimum Gasteiger partial charge on any atom is -0.490 e. The van der Waals surface area contributed by atoms with E-state index in [2.05, 4.69) is 38.1 Å². The van der Waals surface area contributed by atoms with Gasteiger partial charge in [0.05, 0.1) is 17.0 Å². The minimum atomic E-state index is 0.0428. The van der Waals surface area contributed by atoms with Crippen molar-refractivity contribution in [1.29, 1.82) is 0 Å². The average molecular weight is 456 g/mol. The largest absolute Gasteiger partial charge is 0.490 e. The third-order valence-corrected chi connectivity index (χ3v) is 7.73. The Morgan fingerprint density at radius 2 is 1.90 bits per heavy atom. The smallest absolute Gasteiger partial charge is 0.253 e. The number of aromatic nitrogens is 1. The fourth-order valence-electron chi connectivity index (χ4n) is 4.25. The SMILES string of the molecule is CCC1=C(Cl)SC(Cn2cc(-c3ccc(C)c(OC4CCCC4)c3)cc(C)c2=O)=CC1. The van der Waals surface area contributed by atoms with Crippen LogP contribution in [0.4, 0.5) is 0 Å². The first kappa shape index (κ1) is 22.3. The van der Waals surface area contributed by atoms with E-state index in [4.69, 9.17) is 16.3 Å². The third-order valence-electron chi connectivity index (χ3n) is 6.21. The van der Waals surface area contributed by atoms with Crippen LogP contribution in [0.1, 0.15) is 56.6 Å². The molecule has 1 aliphatic heterocycles. The molecule has 0 bridgehead atoms. The highest BCUT2D eigenvalue weighted by Crippen LogP contribution is 2.39. The maximum Gasteiger partial charge on any atom is 0.253 e. The molecule has 4 rings (SSSR count). The molecule has 2 aliphatic rings. The van der Waals surface area contributed by atoms with Crippen molar-refractivity contribution in [2.45, 2.75) is 71.9 Å². The lowest BCUT2D eigenvalue weighted by Crippen LogP contribution is -2.22. The molecule has 1 saturated carbocycles. The van der Waals surface area contributed by atoms with Gasteiger partial charge in [0.25, 0.3) is 5.56 Å². The molecule has 1 aliphatic carbocycles. The zero-order valence-electron chi connectivity index (χ0n) is 18.5. The van der Waals surface area contributed by atoms with E-state index in [0.717, 1.165) is 63.0 Å². The molecule has 0 N–H and O–H groups in total. The summed E-state index contributed by atoms with van der Waals surface area (Å²) in [5.74, 6) is 0.953. The first-order valence-corrected chi connectivity index (χ1v) is 12.4. The molecule has 5 heteroatoms. The monoisotopic (exact) mass is 455 g/mol. The summed E-state index contributed by atoms with van der Waals surface area (Å²) in [6.07, 6.45) is 11.1. The zero-order chi connectivity index (χ0) is 22.0. The zero-order valence-corrected chi connectivity index (χ0v) is 20.1. The molecule has 0 saturated heterocycles. The fraction of sp³-hybridized carbons (Fsp3) is 0.423. The van der Waals surface area contributed by atoms with E-state index in [1.165, 1.54) is 18.4 Å². The molecule has 2 aromatic rings. The Balaban J connectivity index is 1.61. The van der Waals surface area contributed by atoms with Gasteiger partial charge in [0, 0.05) is 16.7 Å². The number of nitrogens with zero attached hydrogens (tertiary/aromatic N) is 1. The van der Waals surface area contributed by atoms with Crippen molar-refractivity contribution in [3.8, 4) is 16.9 Å². The molecule has 0 unspecified atom stereocenters. The van der Waals surface area contributed by atoms with Gasteiger partial charge < -0.3 is 9.30 Å². The summed E-state index contributed by atoms with van der Waals surface area (Å²) in [7, 11) is 0. The van der Waals surface area contributed by atoms with Crippen LogP contribution in [0.25, 0.3) is 11.1 Å². The van der Waals surface area contributed by atoms with Gasteiger partial charge in [-0.1, -0.05) is 48.5 Å². The molecular weight excluding hydrogens is 426 g/mol. The van der Waals surface area contributed by atoms with E-state index in [1.807, 2.05) is 23.8 Å². The molecule has 31 heavy (non-hydrogen) atoms. The quantitative estimate of drug-likeness (QED) is 0.456. The van der Waals surface area contributed by atoms with Crippen molar-refractivity contribution in [3.05, 3.63) is 72.9 Å². The lowest BCUT2D eigenvalue weighted by atomic mass is 10.0. The van der Waals surface area contributed by atoms with Crippen molar-refractivity contribution in [2.75, 3.05) is 0 Å². The summed E-state index contributed by atoms with van der Waals surface area (Å²) in [6.45, 7) is 6.65. The van der Waals surface area contributed by atoms with Crippen molar-refractivity contribution >= 4 is 23.4 Å². The number of pyridine rings is 1. The predicted octanol–water partition coefficient (Wildman–Crippen LogP) is 7.33. The van der Waals surface area contributed by atoms with E-state index in [0.29, 0.717) is 12.6 Å². The Kier molecular flexibility index (Phi) is 6.98. The van der Waals surface area contributed by atoms with Crippen LogP contribution in [-0.2, 0) is 6.54 Å². The highest BCUT2D eigenvalue weighted by molar-refractivity contribution is 8.08. The second-order valence-corrected chi connectivity index (χ2v) is 10.3. The first-order valence-electron chi connectivity index (χ1n) is 11.2. The Morgan fingerprint density at radius 3 is 2.61 bits per heavy atom. The van der Waals surface area contributed by atoms with E-state index in [9.17, 15) is 4.79 Å². The number of ether oxygens (including phenoxy) is 1. The van der Waals surface area contributed by atoms with Crippen LogP contribution in [0.5, 0.6) is 5.75 Å². The molecule has 2 heterocycles.